The molecule has 3 aromatic rings. The number of hydrogen-bond donors (Lipinski definition) is 0. The zero-order valence-corrected chi connectivity index (χ0v) is 20.1. The van der Waals surface area contributed by atoms with Gasteiger partial charge in [0.15, 0.2) is 0 Å². The summed E-state index contributed by atoms with van der Waals surface area (Å²) in [5.41, 5.74) is 7.11. The molecule has 176 valence electrons. The van der Waals surface area contributed by atoms with Gasteiger partial charge in [-0.1, -0.05) is 36.4 Å². The number of likely N-dealkylation sites (tertiary alicyclic amines) is 1. The highest BCUT2D eigenvalue weighted by atomic mass is 19.1. The number of piperidine rings is 1. The van der Waals surface area contributed by atoms with E-state index in [0.29, 0.717) is 12.1 Å². The first-order valence-electron chi connectivity index (χ1n) is 12.0. The summed E-state index contributed by atoms with van der Waals surface area (Å²) in [7, 11) is 0. The molecule has 2 saturated heterocycles. The largest absolute Gasteiger partial charge is 0.441 e. The SMILES string of the molecule is Cc1cc(-c2c(C)cc(CN3CCC4(CC3)CN(c3ccccc3)C(=O)O4)cc2C)ccc1F. The second-order valence-electron chi connectivity index (χ2n) is 9.82. The van der Waals surface area contributed by atoms with Gasteiger partial charge in [-0.3, -0.25) is 9.80 Å². The van der Waals surface area contributed by atoms with Crippen LogP contribution in [0, 0.1) is 26.6 Å². The fourth-order valence-electron chi connectivity index (χ4n) is 5.47. The molecule has 4 nitrogen and oxygen atoms in total. The summed E-state index contributed by atoms with van der Waals surface area (Å²) >= 11 is 0. The van der Waals surface area contributed by atoms with Crippen molar-refractivity contribution in [3.8, 4) is 11.1 Å². The first-order chi connectivity index (χ1) is 16.3. The van der Waals surface area contributed by atoms with Crippen molar-refractivity contribution in [3.63, 3.8) is 0 Å². The zero-order chi connectivity index (χ0) is 23.9. The molecule has 0 atom stereocenters. The summed E-state index contributed by atoms with van der Waals surface area (Å²) in [6, 6.07) is 19.6. The molecule has 1 amide bonds. The molecule has 0 N–H and O–H groups in total. The maximum absolute atomic E-state index is 13.7. The Kier molecular flexibility index (Phi) is 5.90. The van der Waals surface area contributed by atoms with E-state index in [1.54, 1.807) is 11.0 Å². The predicted octanol–water partition coefficient (Wildman–Crippen LogP) is 6.41. The molecule has 0 saturated carbocycles. The lowest BCUT2D eigenvalue weighted by Gasteiger charge is -2.37. The fraction of sp³-hybridized carbons (Fsp3) is 0.345. The maximum Gasteiger partial charge on any atom is 0.415 e. The highest BCUT2D eigenvalue weighted by molar-refractivity contribution is 5.90. The molecular weight excluding hydrogens is 427 g/mol. The van der Waals surface area contributed by atoms with E-state index in [-0.39, 0.29) is 17.5 Å². The molecule has 5 heteroatoms. The molecule has 1 spiro atoms. The van der Waals surface area contributed by atoms with E-state index < -0.39 is 0 Å². The number of halogens is 1. The summed E-state index contributed by atoms with van der Waals surface area (Å²) in [5, 5.41) is 0. The van der Waals surface area contributed by atoms with Crippen LogP contribution in [0.3, 0.4) is 0 Å². The number of aryl methyl sites for hydroxylation is 3. The molecular formula is C29H31FN2O2. The third kappa shape index (κ3) is 4.32. The molecule has 3 aromatic carbocycles. The monoisotopic (exact) mass is 458 g/mol. The van der Waals surface area contributed by atoms with Crippen LogP contribution in [-0.4, -0.2) is 36.2 Å². The number of anilines is 1. The van der Waals surface area contributed by atoms with E-state index >= 15 is 0 Å². The van der Waals surface area contributed by atoms with Crippen LogP contribution >= 0.6 is 0 Å². The number of rotatable bonds is 4. The number of carbonyl (C=O) groups excluding carboxylic acids is 1. The molecule has 5 rings (SSSR count). The Bertz CT molecular complexity index is 1190. The lowest BCUT2D eigenvalue weighted by molar-refractivity contribution is -0.000979. The minimum absolute atomic E-state index is 0.168. The van der Waals surface area contributed by atoms with E-state index in [0.717, 1.165) is 43.7 Å². The van der Waals surface area contributed by atoms with Gasteiger partial charge in [-0.2, -0.15) is 0 Å². The Hall–Kier alpha value is -3.18. The van der Waals surface area contributed by atoms with Gasteiger partial charge in [0, 0.05) is 38.2 Å². The number of benzene rings is 3. The molecule has 0 aromatic heterocycles. The topological polar surface area (TPSA) is 32.8 Å². The van der Waals surface area contributed by atoms with Gasteiger partial charge in [0.25, 0.3) is 0 Å². The van der Waals surface area contributed by atoms with Crippen LogP contribution in [0.25, 0.3) is 11.1 Å². The Morgan fingerprint density at radius 3 is 2.24 bits per heavy atom. The molecule has 2 aliphatic rings. The molecule has 2 fully saturated rings. The number of ether oxygens (including phenoxy) is 1. The van der Waals surface area contributed by atoms with Crippen LogP contribution in [0.2, 0.25) is 0 Å². The van der Waals surface area contributed by atoms with Crippen molar-refractivity contribution < 1.29 is 13.9 Å². The third-order valence-electron chi connectivity index (χ3n) is 7.25. The Balaban J connectivity index is 1.25. The van der Waals surface area contributed by atoms with Gasteiger partial charge in [-0.05, 0) is 78.4 Å². The third-order valence-corrected chi connectivity index (χ3v) is 7.25. The Morgan fingerprint density at radius 2 is 1.59 bits per heavy atom. The summed E-state index contributed by atoms with van der Waals surface area (Å²) in [6.45, 7) is 9.35. The fourth-order valence-corrected chi connectivity index (χ4v) is 5.47. The van der Waals surface area contributed by atoms with Crippen molar-refractivity contribution in [2.75, 3.05) is 24.5 Å². The van der Waals surface area contributed by atoms with Crippen molar-refractivity contribution >= 4 is 11.8 Å². The van der Waals surface area contributed by atoms with Crippen LogP contribution in [0.5, 0.6) is 0 Å². The average molecular weight is 459 g/mol. The van der Waals surface area contributed by atoms with Gasteiger partial charge >= 0.3 is 6.09 Å². The molecule has 0 bridgehead atoms. The first-order valence-corrected chi connectivity index (χ1v) is 12.0. The quantitative estimate of drug-likeness (QED) is 0.453. The predicted molar refractivity (Wildman–Crippen MR) is 134 cm³/mol. The van der Waals surface area contributed by atoms with Crippen molar-refractivity contribution in [1.29, 1.82) is 0 Å². The Labute approximate surface area is 201 Å². The molecule has 2 aliphatic heterocycles. The number of para-hydroxylation sites is 1. The van der Waals surface area contributed by atoms with Crippen LogP contribution in [0.15, 0.2) is 60.7 Å². The van der Waals surface area contributed by atoms with E-state index in [2.05, 4.69) is 30.9 Å². The summed E-state index contributed by atoms with van der Waals surface area (Å²) in [4.78, 5) is 16.8. The van der Waals surface area contributed by atoms with Crippen molar-refractivity contribution in [1.82, 2.24) is 4.90 Å². The van der Waals surface area contributed by atoms with Crippen LogP contribution in [0.1, 0.15) is 35.1 Å². The highest BCUT2D eigenvalue weighted by Gasteiger charge is 2.47. The second-order valence-corrected chi connectivity index (χ2v) is 9.82. The number of nitrogens with zero attached hydrogens (tertiary/aromatic N) is 2. The number of carbonyl (C=O) groups is 1. The minimum Gasteiger partial charge on any atom is -0.441 e. The van der Waals surface area contributed by atoms with Crippen molar-refractivity contribution in [2.45, 2.75) is 45.8 Å². The molecule has 0 radical (unpaired) electrons. The van der Waals surface area contributed by atoms with Crippen molar-refractivity contribution in [3.05, 3.63) is 88.7 Å². The zero-order valence-electron chi connectivity index (χ0n) is 20.1. The lowest BCUT2D eigenvalue weighted by Crippen LogP contribution is -2.46. The van der Waals surface area contributed by atoms with E-state index in [1.807, 2.05) is 49.4 Å². The second kappa shape index (κ2) is 8.88. The van der Waals surface area contributed by atoms with Crippen LogP contribution in [0.4, 0.5) is 14.9 Å². The normalized spacial score (nSPS) is 17.9. The maximum atomic E-state index is 13.7. The molecule has 34 heavy (non-hydrogen) atoms. The van der Waals surface area contributed by atoms with E-state index in [1.165, 1.54) is 22.3 Å². The first kappa shape index (κ1) is 22.6. The molecule has 0 unspecified atom stereocenters. The number of amides is 1. The van der Waals surface area contributed by atoms with Crippen LogP contribution < -0.4 is 4.90 Å². The summed E-state index contributed by atoms with van der Waals surface area (Å²) < 4.78 is 19.7. The van der Waals surface area contributed by atoms with Gasteiger partial charge < -0.3 is 4.74 Å². The highest BCUT2D eigenvalue weighted by Crippen LogP contribution is 2.36. The van der Waals surface area contributed by atoms with E-state index in [9.17, 15) is 9.18 Å². The van der Waals surface area contributed by atoms with Gasteiger partial charge in [-0.15, -0.1) is 0 Å². The van der Waals surface area contributed by atoms with Gasteiger partial charge in [-0.25, -0.2) is 9.18 Å². The standard InChI is InChI=1S/C29H31FN2O2/c1-20-17-24(9-10-26(20)30)27-21(2)15-23(16-22(27)3)18-31-13-11-29(12-14-31)19-32(28(33)34-29)25-7-5-4-6-8-25/h4-10,15-17H,11-14,18-19H2,1-3H3. The number of hydrogen-bond acceptors (Lipinski definition) is 3. The van der Waals surface area contributed by atoms with Crippen LogP contribution in [-0.2, 0) is 11.3 Å². The molecule has 2 heterocycles. The minimum atomic E-state index is -0.389. The lowest BCUT2D eigenvalue weighted by atomic mass is 9.90. The van der Waals surface area contributed by atoms with E-state index in [4.69, 9.17) is 4.74 Å². The summed E-state index contributed by atoms with van der Waals surface area (Å²) in [6.07, 6.45) is 1.44. The molecule has 0 aliphatic carbocycles. The smallest absolute Gasteiger partial charge is 0.415 e. The summed E-state index contributed by atoms with van der Waals surface area (Å²) in [5.74, 6) is -0.168. The Morgan fingerprint density at radius 1 is 0.912 bits per heavy atom. The average Bonchev–Trinajstić information content (AvgIpc) is 3.14. The van der Waals surface area contributed by atoms with Gasteiger partial charge in [0.05, 0.1) is 6.54 Å². The van der Waals surface area contributed by atoms with Crippen molar-refractivity contribution in [2.24, 2.45) is 0 Å². The van der Waals surface area contributed by atoms with Gasteiger partial charge in [0.2, 0.25) is 0 Å². The van der Waals surface area contributed by atoms with Gasteiger partial charge in [0.1, 0.15) is 11.4 Å².